The summed E-state index contributed by atoms with van der Waals surface area (Å²) in [5.41, 5.74) is 2.22. The lowest BCUT2D eigenvalue weighted by molar-refractivity contribution is -0.123. The second-order valence-corrected chi connectivity index (χ2v) is 5.25. The minimum atomic E-state index is -0.201. The molecule has 0 aliphatic rings. The van der Waals surface area contributed by atoms with E-state index in [1.165, 1.54) is 0 Å². The highest BCUT2D eigenvalue weighted by Gasteiger charge is 2.19. The van der Waals surface area contributed by atoms with Gasteiger partial charge in [-0.3, -0.25) is 9.48 Å². The van der Waals surface area contributed by atoms with Gasteiger partial charge in [0.05, 0.1) is 12.3 Å². The number of amides is 1. The number of aryl methyl sites for hydroxylation is 1. The fourth-order valence-electron chi connectivity index (χ4n) is 1.76. The Morgan fingerprint density at radius 3 is 2.50 bits per heavy atom. The van der Waals surface area contributed by atoms with E-state index in [1.807, 2.05) is 34.6 Å². The molecule has 0 aliphatic carbocycles. The molecule has 1 rings (SSSR count). The molecule has 0 unspecified atom stereocenters. The van der Waals surface area contributed by atoms with Crippen molar-refractivity contribution in [1.29, 1.82) is 0 Å². The Balaban J connectivity index is 2.77. The number of hydrogen-bond acceptors (Lipinski definition) is 3. The predicted molar refractivity (Wildman–Crippen MR) is 70.1 cm³/mol. The first-order chi connectivity index (χ1) is 8.30. The first-order valence-electron chi connectivity index (χ1n) is 6.25. The van der Waals surface area contributed by atoms with E-state index >= 15 is 0 Å². The van der Waals surface area contributed by atoms with Gasteiger partial charge in [-0.2, -0.15) is 5.10 Å². The van der Waals surface area contributed by atoms with Crippen molar-refractivity contribution < 1.29 is 9.90 Å². The van der Waals surface area contributed by atoms with E-state index in [-0.39, 0.29) is 24.6 Å². The summed E-state index contributed by atoms with van der Waals surface area (Å²) in [6, 6.07) is 0. The van der Waals surface area contributed by atoms with Crippen LogP contribution in [0.5, 0.6) is 0 Å². The Hall–Kier alpha value is -1.36. The fraction of sp³-hybridized carbons (Fsp3) is 0.692. The molecule has 0 radical (unpaired) electrons. The van der Waals surface area contributed by atoms with Crippen LogP contribution >= 0.6 is 0 Å². The largest absolute Gasteiger partial charge is 0.392 e. The molecular weight excluding hydrogens is 230 g/mol. The lowest BCUT2D eigenvalue weighted by atomic mass is 10.0. The second-order valence-electron chi connectivity index (χ2n) is 5.25. The minimum absolute atomic E-state index is 0.0419. The van der Waals surface area contributed by atoms with Crippen LogP contribution in [0.15, 0.2) is 0 Å². The third-order valence-corrected chi connectivity index (χ3v) is 3.34. The maximum Gasteiger partial charge on any atom is 0.242 e. The van der Waals surface area contributed by atoms with Gasteiger partial charge in [-0.15, -0.1) is 0 Å². The van der Waals surface area contributed by atoms with Gasteiger partial charge in [-0.1, -0.05) is 6.92 Å². The number of carbonyl (C=O) groups excluding carboxylic acids is 1. The number of hydrogen-bond donors (Lipinski definition) is 2. The summed E-state index contributed by atoms with van der Waals surface area (Å²) in [5.74, 6) is -0.0584. The Bertz CT molecular complexity index is 436. The van der Waals surface area contributed by atoms with E-state index in [0.29, 0.717) is 0 Å². The topological polar surface area (TPSA) is 67.2 Å². The number of aliphatic hydroxyl groups is 1. The van der Waals surface area contributed by atoms with Gasteiger partial charge in [0.25, 0.3) is 0 Å². The Labute approximate surface area is 108 Å². The molecule has 2 N–H and O–H groups in total. The Morgan fingerprint density at radius 1 is 1.44 bits per heavy atom. The summed E-state index contributed by atoms with van der Waals surface area (Å²) in [6.07, 6.45) is 0.873. The maximum atomic E-state index is 11.9. The third-order valence-electron chi connectivity index (χ3n) is 3.34. The zero-order valence-electron chi connectivity index (χ0n) is 11.9. The molecule has 0 aliphatic heterocycles. The van der Waals surface area contributed by atoms with Crippen LogP contribution in [0.3, 0.4) is 0 Å². The monoisotopic (exact) mass is 253 g/mol. The number of nitrogens with one attached hydrogen (secondary N) is 1. The van der Waals surface area contributed by atoms with Gasteiger partial charge in [-0.05, 0) is 34.1 Å². The summed E-state index contributed by atoms with van der Waals surface area (Å²) < 4.78 is 1.64. The standard InChI is InChI=1S/C13H23N3O2/c1-6-13(4,5)14-12(18)7-16-10(3)11(8-17)9(2)15-16/h17H,6-8H2,1-5H3,(H,14,18). The molecule has 0 bridgehead atoms. The fourth-order valence-corrected chi connectivity index (χ4v) is 1.76. The molecule has 1 aromatic heterocycles. The molecule has 1 heterocycles. The molecule has 5 nitrogen and oxygen atoms in total. The molecule has 5 heteroatoms. The quantitative estimate of drug-likeness (QED) is 0.831. The summed E-state index contributed by atoms with van der Waals surface area (Å²) in [4.78, 5) is 11.9. The van der Waals surface area contributed by atoms with Gasteiger partial charge in [0, 0.05) is 16.8 Å². The van der Waals surface area contributed by atoms with Gasteiger partial charge in [-0.25, -0.2) is 0 Å². The number of rotatable bonds is 5. The van der Waals surface area contributed by atoms with Gasteiger partial charge in [0.1, 0.15) is 6.54 Å². The van der Waals surface area contributed by atoms with E-state index in [0.717, 1.165) is 23.4 Å². The minimum Gasteiger partial charge on any atom is -0.392 e. The number of aromatic nitrogens is 2. The van der Waals surface area contributed by atoms with E-state index in [1.54, 1.807) is 4.68 Å². The average Bonchev–Trinajstić information content (AvgIpc) is 2.53. The lowest BCUT2D eigenvalue weighted by Crippen LogP contribution is -2.44. The molecule has 0 fully saturated rings. The lowest BCUT2D eigenvalue weighted by Gasteiger charge is -2.24. The molecule has 1 aromatic rings. The van der Waals surface area contributed by atoms with Crippen LogP contribution in [0, 0.1) is 13.8 Å². The Morgan fingerprint density at radius 2 is 2.06 bits per heavy atom. The maximum absolute atomic E-state index is 11.9. The summed E-state index contributed by atoms with van der Waals surface area (Å²) >= 11 is 0. The molecule has 0 saturated carbocycles. The van der Waals surface area contributed by atoms with Crippen molar-refractivity contribution in [3.8, 4) is 0 Å². The number of carbonyl (C=O) groups is 1. The van der Waals surface area contributed by atoms with Crippen molar-refractivity contribution in [3.63, 3.8) is 0 Å². The zero-order valence-corrected chi connectivity index (χ0v) is 11.9. The van der Waals surface area contributed by atoms with Gasteiger partial charge in [0.15, 0.2) is 0 Å². The normalized spacial score (nSPS) is 11.7. The van der Waals surface area contributed by atoms with Crippen molar-refractivity contribution in [2.24, 2.45) is 0 Å². The molecule has 0 aromatic carbocycles. The average molecular weight is 253 g/mol. The molecule has 102 valence electrons. The van der Waals surface area contributed by atoms with Crippen LogP contribution in [0.1, 0.15) is 44.1 Å². The molecule has 0 spiro atoms. The van der Waals surface area contributed by atoms with Crippen molar-refractivity contribution in [3.05, 3.63) is 17.0 Å². The number of aliphatic hydroxyl groups excluding tert-OH is 1. The molecule has 18 heavy (non-hydrogen) atoms. The van der Waals surface area contributed by atoms with Crippen LogP contribution in [0.25, 0.3) is 0 Å². The summed E-state index contributed by atoms with van der Waals surface area (Å²) in [6.45, 7) is 9.87. The van der Waals surface area contributed by atoms with Crippen molar-refractivity contribution in [2.75, 3.05) is 0 Å². The van der Waals surface area contributed by atoms with Crippen LogP contribution < -0.4 is 5.32 Å². The highest BCUT2D eigenvalue weighted by molar-refractivity contribution is 5.76. The van der Waals surface area contributed by atoms with E-state index < -0.39 is 0 Å². The SMILES string of the molecule is CCC(C)(C)NC(=O)Cn1nc(C)c(CO)c1C. The highest BCUT2D eigenvalue weighted by Crippen LogP contribution is 2.13. The van der Waals surface area contributed by atoms with Crippen molar-refractivity contribution in [2.45, 2.75) is 59.7 Å². The summed E-state index contributed by atoms with van der Waals surface area (Å²) in [5, 5.41) is 16.5. The van der Waals surface area contributed by atoms with Crippen LogP contribution in [-0.2, 0) is 17.9 Å². The number of nitrogens with zero attached hydrogens (tertiary/aromatic N) is 2. The predicted octanol–water partition coefficient (Wildman–Crippen LogP) is 1.30. The van der Waals surface area contributed by atoms with Crippen molar-refractivity contribution >= 4 is 5.91 Å². The Kier molecular flexibility index (Phi) is 4.51. The van der Waals surface area contributed by atoms with E-state index in [4.69, 9.17) is 0 Å². The van der Waals surface area contributed by atoms with Gasteiger partial charge in [0.2, 0.25) is 5.91 Å². The molecule has 0 atom stereocenters. The summed E-state index contributed by atoms with van der Waals surface area (Å²) in [7, 11) is 0. The van der Waals surface area contributed by atoms with Crippen molar-refractivity contribution in [1.82, 2.24) is 15.1 Å². The van der Waals surface area contributed by atoms with E-state index in [2.05, 4.69) is 10.4 Å². The van der Waals surface area contributed by atoms with Gasteiger partial charge >= 0.3 is 0 Å². The first kappa shape index (κ1) is 14.7. The van der Waals surface area contributed by atoms with Crippen LogP contribution in [0.4, 0.5) is 0 Å². The second kappa shape index (κ2) is 5.52. The van der Waals surface area contributed by atoms with E-state index in [9.17, 15) is 9.90 Å². The highest BCUT2D eigenvalue weighted by atomic mass is 16.3. The third kappa shape index (κ3) is 3.32. The van der Waals surface area contributed by atoms with Gasteiger partial charge < -0.3 is 10.4 Å². The van der Waals surface area contributed by atoms with Crippen LogP contribution in [-0.4, -0.2) is 26.3 Å². The smallest absolute Gasteiger partial charge is 0.242 e. The zero-order chi connectivity index (χ0) is 13.9. The molecule has 1 amide bonds. The molecular formula is C13H23N3O2. The molecule has 0 saturated heterocycles. The first-order valence-corrected chi connectivity index (χ1v) is 6.25. The van der Waals surface area contributed by atoms with Crippen LogP contribution in [0.2, 0.25) is 0 Å².